The second-order valence-corrected chi connectivity index (χ2v) is 6.43. The summed E-state index contributed by atoms with van der Waals surface area (Å²) < 4.78 is 0. The molecule has 0 aliphatic carbocycles. The number of rotatable bonds is 8. The predicted octanol–water partition coefficient (Wildman–Crippen LogP) is 3.31. The number of hydrogen-bond donors (Lipinski definition) is 2. The Morgan fingerprint density at radius 3 is 1.67 bits per heavy atom. The molecule has 0 fully saturated rings. The quantitative estimate of drug-likeness (QED) is 0.545. The number of pyridine rings is 2. The largest absolute Gasteiger partial charge is 0.478 e. The summed E-state index contributed by atoms with van der Waals surface area (Å²) in [6.07, 6.45) is 6.90. The second-order valence-electron chi connectivity index (χ2n) is 4.42. The number of carbonyl (C=O) groups is 2. The summed E-state index contributed by atoms with van der Waals surface area (Å²) in [6.45, 7) is 0. The standard InChI is InChI=1S/C16H14N2O4S2/c19-15(20)11-5-3-7-17-13(11)23-9-1-2-10-24-14-12(16(21)22)6-4-8-18-14/h1-8H,9-10H2,(H,19,20)(H,21,22)/b2-1+. The maximum atomic E-state index is 11.1. The monoisotopic (exact) mass is 362 g/mol. The first-order valence-electron chi connectivity index (χ1n) is 6.87. The van der Waals surface area contributed by atoms with Gasteiger partial charge in [0.1, 0.15) is 10.1 Å². The van der Waals surface area contributed by atoms with Gasteiger partial charge in [0.25, 0.3) is 0 Å². The van der Waals surface area contributed by atoms with Gasteiger partial charge in [-0.1, -0.05) is 12.2 Å². The van der Waals surface area contributed by atoms with Crippen molar-refractivity contribution < 1.29 is 19.8 Å². The third-order valence-electron chi connectivity index (χ3n) is 2.80. The van der Waals surface area contributed by atoms with Crippen LogP contribution in [0.2, 0.25) is 0 Å². The summed E-state index contributed by atoms with van der Waals surface area (Å²) in [5.74, 6) is -0.847. The van der Waals surface area contributed by atoms with Gasteiger partial charge in [0.15, 0.2) is 0 Å². The Morgan fingerprint density at radius 2 is 1.29 bits per heavy atom. The molecule has 2 aromatic rings. The molecular formula is C16H14N2O4S2. The van der Waals surface area contributed by atoms with Crippen molar-refractivity contribution in [2.75, 3.05) is 11.5 Å². The lowest BCUT2D eigenvalue weighted by molar-refractivity contribution is 0.0681. The van der Waals surface area contributed by atoms with E-state index in [0.29, 0.717) is 21.6 Å². The summed E-state index contributed by atoms with van der Waals surface area (Å²) in [7, 11) is 0. The van der Waals surface area contributed by atoms with Gasteiger partial charge < -0.3 is 10.2 Å². The van der Waals surface area contributed by atoms with E-state index in [4.69, 9.17) is 10.2 Å². The van der Waals surface area contributed by atoms with Crippen molar-refractivity contribution in [3.8, 4) is 0 Å². The third kappa shape index (κ3) is 5.10. The summed E-state index contributed by atoms with van der Waals surface area (Å²) in [6, 6.07) is 6.22. The molecule has 0 unspecified atom stereocenters. The minimum absolute atomic E-state index is 0.185. The molecule has 0 amide bonds. The number of aromatic carboxylic acids is 2. The molecule has 2 aromatic heterocycles. The van der Waals surface area contributed by atoms with Crippen molar-refractivity contribution in [2.24, 2.45) is 0 Å². The van der Waals surface area contributed by atoms with Gasteiger partial charge in [-0.05, 0) is 24.3 Å². The summed E-state index contributed by atoms with van der Waals surface area (Å²) in [4.78, 5) is 30.3. The van der Waals surface area contributed by atoms with Crippen LogP contribution >= 0.6 is 23.5 Å². The highest BCUT2D eigenvalue weighted by atomic mass is 32.2. The smallest absolute Gasteiger partial charge is 0.338 e. The highest BCUT2D eigenvalue weighted by molar-refractivity contribution is 7.99. The minimum Gasteiger partial charge on any atom is -0.478 e. The fourth-order valence-corrected chi connectivity index (χ4v) is 3.40. The van der Waals surface area contributed by atoms with Crippen LogP contribution in [0.15, 0.2) is 58.9 Å². The molecule has 0 aromatic carbocycles. The maximum absolute atomic E-state index is 11.1. The van der Waals surface area contributed by atoms with Crippen LogP contribution in [0.25, 0.3) is 0 Å². The lowest BCUT2D eigenvalue weighted by Gasteiger charge is -2.02. The first kappa shape index (κ1) is 18.0. The fourth-order valence-electron chi connectivity index (χ4n) is 1.73. The van der Waals surface area contributed by atoms with Crippen molar-refractivity contribution >= 4 is 35.5 Å². The molecule has 0 aliphatic rings. The van der Waals surface area contributed by atoms with Gasteiger partial charge in [-0.25, -0.2) is 19.6 Å². The molecule has 24 heavy (non-hydrogen) atoms. The maximum Gasteiger partial charge on any atom is 0.338 e. The molecule has 0 saturated heterocycles. The average Bonchev–Trinajstić information content (AvgIpc) is 2.58. The van der Waals surface area contributed by atoms with E-state index >= 15 is 0 Å². The number of hydrogen-bond acceptors (Lipinski definition) is 6. The molecule has 0 saturated carbocycles. The average molecular weight is 362 g/mol. The molecule has 0 aliphatic heterocycles. The highest BCUT2D eigenvalue weighted by Crippen LogP contribution is 2.22. The third-order valence-corrected chi connectivity index (χ3v) is 4.72. The number of aromatic nitrogens is 2. The molecule has 0 radical (unpaired) electrons. The molecule has 0 spiro atoms. The number of nitrogens with zero attached hydrogens (tertiary/aromatic N) is 2. The molecule has 0 atom stereocenters. The van der Waals surface area contributed by atoms with Crippen LogP contribution in [0.4, 0.5) is 0 Å². The van der Waals surface area contributed by atoms with E-state index in [9.17, 15) is 9.59 Å². The van der Waals surface area contributed by atoms with Crippen LogP contribution in [0.3, 0.4) is 0 Å². The van der Waals surface area contributed by atoms with E-state index < -0.39 is 11.9 Å². The van der Waals surface area contributed by atoms with Crippen LogP contribution in [-0.4, -0.2) is 43.6 Å². The minimum atomic E-state index is -0.999. The van der Waals surface area contributed by atoms with E-state index in [1.165, 1.54) is 35.7 Å². The van der Waals surface area contributed by atoms with Crippen molar-refractivity contribution in [1.82, 2.24) is 9.97 Å². The van der Waals surface area contributed by atoms with Crippen LogP contribution < -0.4 is 0 Å². The van der Waals surface area contributed by atoms with Crippen LogP contribution in [0, 0.1) is 0 Å². The Hall–Kier alpha value is -2.32. The molecule has 6 nitrogen and oxygen atoms in total. The van der Waals surface area contributed by atoms with E-state index in [1.807, 2.05) is 12.2 Å². The fraction of sp³-hybridized carbons (Fsp3) is 0.125. The molecule has 2 heterocycles. The zero-order valence-corrected chi connectivity index (χ0v) is 14.1. The Labute approximate surface area is 147 Å². The van der Waals surface area contributed by atoms with Crippen LogP contribution in [0.1, 0.15) is 20.7 Å². The van der Waals surface area contributed by atoms with E-state index in [0.717, 1.165) is 0 Å². The Kier molecular flexibility index (Phi) is 6.83. The van der Waals surface area contributed by atoms with E-state index in [1.54, 1.807) is 24.5 Å². The van der Waals surface area contributed by atoms with Gasteiger partial charge in [-0.3, -0.25) is 0 Å². The lowest BCUT2D eigenvalue weighted by Crippen LogP contribution is -2.00. The molecule has 0 bridgehead atoms. The van der Waals surface area contributed by atoms with Gasteiger partial charge in [0.2, 0.25) is 0 Å². The number of carboxylic acids is 2. The van der Waals surface area contributed by atoms with Gasteiger partial charge in [-0.15, -0.1) is 23.5 Å². The van der Waals surface area contributed by atoms with Gasteiger partial charge in [0, 0.05) is 23.9 Å². The molecule has 124 valence electrons. The van der Waals surface area contributed by atoms with Crippen molar-refractivity contribution in [3.63, 3.8) is 0 Å². The SMILES string of the molecule is O=C(O)c1cccnc1SC/C=C/CSc1ncccc1C(=O)O. The normalized spacial score (nSPS) is 10.8. The van der Waals surface area contributed by atoms with Gasteiger partial charge in [0.05, 0.1) is 11.1 Å². The number of thioether (sulfide) groups is 2. The molecule has 8 heteroatoms. The molecular weight excluding hydrogens is 348 g/mol. The van der Waals surface area contributed by atoms with Crippen molar-refractivity contribution in [2.45, 2.75) is 10.1 Å². The summed E-state index contributed by atoms with van der Waals surface area (Å²) in [5.41, 5.74) is 0.370. The van der Waals surface area contributed by atoms with Crippen molar-refractivity contribution in [1.29, 1.82) is 0 Å². The predicted molar refractivity (Wildman–Crippen MR) is 93.0 cm³/mol. The van der Waals surface area contributed by atoms with Crippen LogP contribution in [-0.2, 0) is 0 Å². The molecule has 2 N–H and O–H groups in total. The summed E-state index contributed by atoms with van der Waals surface area (Å²) >= 11 is 2.66. The first-order chi connectivity index (χ1) is 11.6. The van der Waals surface area contributed by atoms with Gasteiger partial charge >= 0.3 is 11.9 Å². The second kappa shape index (κ2) is 9.09. The first-order valence-corrected chi connectivity index (χ1v) is 8.84. The lowest BCUT2D eigenvalue weighted by atomic mass is 10.3. The Morgan fingerprint density at radius 1 is 0.875 bits per heavy atom. The Bertz CT molecular complexity index is 702. The highest BCUT2D eigenvalue weighted by Gasteiger charge is 2.11. The summed E-state index contributed by atoms with van der Waals surface area (Å²) in [5, 5.41) is 19.1. The zero-order chi connectivity index (χ0) is 17.4. The topological polar surface area (TPSA) is 100 Å². The van der Waals surface area contributed by atoms with Crippen molar-refractivity contribution in [3.05, 3.63) is 59.9 Å². The number of carboxylic acid groups (broad SMARTS) is 2. The van der Waals surface area contributed by atoms with E-state index in [2.05, 4.69) is 9.97 Å². The van der Waals surface area contributed by atoms with Gasteiger partial charge in [-0.2, -0.15) is 0 Å². The van der Waals surface area contributed by atoms with Crippen LogP contribution in [0.5, 0.6) is 0 Å². The van der Waals surface area contributed by atoms with E-state index in [-0.39, 0.29) is 11.1 Å². The Balaban J connectivity index is 1.84. The zero-order valence-electron chi connectivity index (χ0n) is 12.5. The molecule has 2 rings (SSSR count).